The standard InChI is InChI=1S/C24H32O12/c1-10-15-16(19(29)17(10)27)13(22(32)33-7-6-11-2-4-12(26)5-3-11)9-34-23(15)36-24-21(31)20(30)18(28)14(8-25)35-24/h2-5,9-10,14-21,23-31H,6-8H2,1H3/t10-,14+,15-,16-,17+,18+,19-,20-,21+,23+,24+/m0/s1. The SMILES string of the molecule is C[C@@H]1[C@@H](O)[C@@H](O)[C@H]2C(C(=O)OCCc3ccc(O)cc3)=CO[C@H](O[C@H]3O[C@H](CO)[C@@H](O)[C@H](O)[C@H]3O)[C@@H]12. The smallest absolute Gasteiger partial charge is 0.337 e. The van der Waals surface area contributed by atoms with Crippen LogP contribution in [-0.4, -0.2) is 104 Å². The van der Waals surface area contributed by atoms with Crippen LogP contribution in [0.3, 0.4) is 0 Å². The molecule has 2 heterocycles. The molecule has 4 rings (SSSR count). The predicted octanol–water partition coefficient (Wildman–Crippen LogP) is -1.86. The van der Waals surface area contributed by atoms with Crippen LogP contribution in [-0.2, 0) is 30.2 Å². The Morgan fingerprint density at radius 2 is 1.64 bits per heavy atom. The number of fused-ring (bicyclic) bond motifs is 1. The highest BCUT2D eigenvalue weighted by atomic mass is 16.8. The van der Waals surface area contributed by atoms with E-state index in [-0.39, 0.29) is 17.9 Å². The predicted molar refractivity (Wildman–Crippen MR) is 119 cm³/mol. The number of carbonyl (C=O) groups is 1. The lowest BCUT2D eigenvalue weighted by atomic mass is 9.82. The van der Waals surface area contributed by atoms with E-state index in [9.17, 15) is 40.5 Å². The van der Waals surface area contributed by atoms with Gasteiger partial charge in [-0.25, -0.2) is 4.79 Å². The van der Waals surface area contributed by atoms with Crippen molar-refractivity contribution in [2.24, 2.45) is 17.8 Å². The molecule has 0 spiro atoms. The Morgan fingerprint density at radius 1 is 0.944 bits per heavy atom. The van der Waals surface area contributed by atoms with Crippen molar-refractivity contribution in [1.29, 1.82) is 0 Å². The van der Waals surface area contributed by atoms with E-state index >= 15 is 0 Å². The van der Waals surface area contributed by atoms with Crippen LogP contribution >= 0.6 is 0 Å². The number of aliphatic hydroxyl groups is 6. The molecular formula is C24H32O12. The number of ether oxygens (including phenoxy) is 4. The summed E-state index contributed by atoms with van der Waals surface area (Å²) in [5, 5.41) is 70.3. The monoisotopic (exact) mass is 512 g/mol. The minimum Gasteiger partial charge on any atom is -0.508 e. The second kappa shape index (κ2) is 11.0. The van der Waals surface area contributed by atoms with E-state index in [1.807, 2.05) is 0 Å². The Hall–Kier alpha value is -2.29. The van der Waals surface area contributed by atoms with Gasteiger partial charge in [0.05, 0.1) is 37.3 Å². The number of phenolic OH excluding ortho intramolecular Hbond substituents is 1. The number of aliphatic hydroxyl groups excluding tert-OH is 6. The van der Waals surface area contributed by atoms with Gasteiger partial charge in [0.25, 0.3) is 0 Å². The van der Waals surface area contributed by atoms with E-state index in [0.717, 1.165) is 11.8 Å². The van der Waals surface area contributed by atoms with Crippen LogP contribution in [0, 0.1) is 17.8 Å². The first-order valence-electron chi connectivity index (χ1n) is 11.8. The fourth-order valence-electron chi connectivity index (χ4n) is 5.05. The lowest BCUT2D eigenvalue weighted by molar-refractivity contribution is -0.343. The van der Waals surface area contributed by atoms with Crippen molar-refractivity contribution >= 4 is 5.97 Å². The molecule has 1 saturated heterocycles. The summed E-state index contributed by atoms with van der Waals surface area (Å²) in [7, 11) is 0. The van der Waals surface area contributed by atoms with Gasteiger partial charge in [0.2, 0.25) is 6.29 Å². The Balaban J connectivity index is 1.47. The third-order valence-electron chi connectivity index (χ3n) is 7.19. The number of hydrogen-bond acceptors (Lipinski definition) is 12. The third kappa shape index (κ3) is 5.08. The molecule has 0 radical (unpaired) electrons. The van der Waals surface area contributed by atoms with E-state index in [1.165, 1.54) is 12.1 Å². The van der Waals surface area contributed by atoms with Gasteiger partial charge in [0.1, 0.15) is 30.2 Å². The molecule has 2 fully saturated rings. The number of aromatic hydroxyl groups is 1. The fourth-order valence-corrected chi connectivity index (χ4v) is 5.05. The maximum atomic E-state index is 12.9. The molecule has 1 aliphatic carbocycles. The highest BCUT2D eigenvalue weighted by Crippen LogP contribution is 2.47. The molecule has 1 saturated carbocycles. The van der Waals surface area contributed by atoms with Crippen LogP contribution < -0.4 is 0 Å². The molecule has 0 bridgehead atoms. The second-order valence-electron chi connectivity index (χ2n) is 9.41. The quantitative estimate of drug-likeness (QED) is 0.202. The topological polar surface area (TPSA) is 196 Å². The van der Waals surface area contributed by atoms with Gasteiger partial charge >= 0.3 is 5.97 Å². The Labute approximate surface area is 206 Å². The average molecular weight is 513 g/mol. The van der Waals surface area contributed by atoms with Gasteiger partial charge in [0.15, 0.2) is 6.29 Å². The molecule has 11 atom stereocenters. The number of hydrogen-bond donors (Lipinski definition) is 7. The van der Waals surface area contributed by atoms with Gasteiger partial charge in [-0.3, -0.25) is 0 Å². The van der Waals surface area contributed by atoms with Crippen LogP contribution in [0.4, 0.5) is 0 Å². The van der Waals surface area contributed by atoms with Crippen LogP contribution in [0.15, 0.2) is 36.1 Å². The van der Waals surface area contributed by atoms with Crippen LogP contribution in [0.5, 0.6) is 5.75 Å². The van der Waals surface area contributed by atoms with E-state index in [2.05, 4.69) is 0 Å². The van der Waals surface area contributed by atoms with Crippen molar-refractivity contribution in [2.45, 2.75) is 62.5 Å². The van der Waals surface area contributed by atoms with Crippen molar-refractivity contribution < 1.29 is 59.5 Å². The molecule has 12 heteroatoms. The third-order valence-corrected chi connectivity index (χ3v) is 7.19. The minimum atomic E-state index is -1.67. The van der Waals surface area contributed by atoms with E-state index < -0.39 is 79.5 Å². The van der Waals surface area contributed by atoms with E-state index in [1.54, 1.807) is 19.1 Å². The second-order valence-corrected chi connectivity index (χ2v) is 9.41. The molecular weight excluding hydrogens is 480 g/mol. The summed E-state index contributed by atoms with van der Waals surface area (Å²) in [5.41, 5.74) is 0.848. The minimum absolute atomic E-state index is 0.00950. The molecule has 1 aromatic carbocycles. The maximum Gasteiger partial charge on any atom is 0.337 e. The van der Waals surface area contributed by atoms with E-state index in [4.69, 9.17) is 18.9 Å². The fraction of sp³-hybridized carbons (Fsp3) is 0.625. The largest absolute Gasteiger partial charge is 0.508 e. The van der Waals surface area contributed by atoms with Crippen molar-refractivity contribution in [3.8, 4) is 5.75 Å². The number of rotatable bonds is 7. The van der Waals surface area contributed by atoms with Gasteiger partial charge in [-0.15, -0.1) is 0 Å². The lowest BCUT2D eigenvalue weighted by Crippen LogP contribution is -2.60. The van der Waals surface area contributed by atoms with E-state index in [0.29, 0.717) is 6.42 Å². The van der Waals surface area contributed by atoms with Crippen molar-refractivity contribution in [3.05, 3.63) is 41.7 Å². The summed E-state index contributed by atoms with van der Waals surface area (Å²) < 4.78 is 22.1. The highest BCUT2D eigenvalue weighted by molar-refractivity contribution is 5.89. The maximum absolute atomic E-state index is 12.9. The Bertz CT molecular complexity index is 934. The van der Waals surface area contributed by atoms with Gasteiger partial charge < -0.3 is 54.7 Å². The molecule has 0 unspecified atom stereocenters. The summed E-state index contributed by atoms with van der Waals surface area (Å²) in [6, 6.07) is 6.43. The van der Waals surface area contributed by atoms with Crippen LogP contribution in [0.1, 0.15) is 12.5 Å². The number of carbonyl (C=O) groups excluding carboxylic acids is 1. The normalized spacial score (nSPS) is 40.2. The summed E-state index contributed by atoms with van der Waals surface area (Å²) in [6.07, 6.45) is -9.88. The zero-order chi connectivity index (χ0) is 26.1. The molecule has 1 aromatic rings. The Kier molecular flexibility index (Phi) is 8.17. The van der Waals surface area contributed by atoms with Crippen LogP contribution in [0.2, 0.25) is 0 Å². The van der Waals surface area contributed by atoms with Crippen molar-refractivity contribution in [2.75, 3.05) is 13.2 Å². The highest BCUT2D eigenvalue weighted by Gasteiger charge is 2.57. The number of benzene rings is 1. The molecule has 12 nitrogen and oxygen atoms in total. The van der Waals surface area contributed by atoms with Gasteiger partial charge in [-0.2, -0.15) is 0 Å². The molecule has 2 aliphatic heterocycles. The molecule has 0 amide bonds. The number of phenols is 1. The summed E-state index contributed by atoms with van der Waals surface area (Å²) in [6.45, 7) is 1.03. The molecule has 7 N–H and O–H groups in total. The number of esters is 1. The molecule has 36 heavy (non-hydrogen) atoms. The van der Waals surface area contributed by atoms with Gasteiger partial charge in [0, 0.05) is 18.3 Å². The summed E-state index contributed by atoms with van der Waals surface area (Å²) in [5.74, 6) is -2.90. The first-order valence-corrected chi connectivity index (χ1v) is 11.8. The van der Waals surface area contributed by atoms with Crippen molar-refractivity contribution in [1.82, 2.24) is 0 Å². The summed E-state index contributed by atoms with van der Waals surface area (Å²) >= 11 is 0. The lowest BCUT2D eigenvalue weighted by Gasteiger charge is -2.43. The molecule has 3 aliphatic rings. The van der Waals surface area contributed by atoms with Gasteiger partial charge in [-0.05, 0) is 23.6 Å². The Morgan fingerprint density at radius 3 is 2.31 bits per heavy atom. The molecule has 0 aromatic heterocycles. The average Bonchev–Trinajstić information content (AvgIpc) is 3.10. The van der Waals surface area contributed by atoms with Crippen LogP contribution in [0.25, 0.3) is 0 Å². The first-order chi connectivity index (χ1) is 17.1. The zero-order valence-electron chi connectivity index (χ0n) is 19.5. The summed E-state index contributed by atoms with van der Waals surface area (Å²) in [4.78, 5) is 12.9. The van der Waals surface area contributed by atoms with Gasteiger partial charge in [-0.1, -0.05) is 19.1 Å². The molecule has 200 valence electrons. The van der Waals surface area contributed by atoms with Crippen molar-refractivity contribution in [3.63, 3.8) is 0 Å². The zero-order valence-corrected chi connectivity index (χ0v) is 19.5. The first kappa shape index (κ1) is 26.8.